The number of hydrogen-bond acceptors (Lipinski definition) is 3. The minimum atomic E-state index is 0.643. The van der Waals surface area contributed by atoms with Crippen LogP contribution in [0.4, 0.5) is 0 Å². The molecule has 1 saturated heterocycles. The van der Waals surface area contributed by atoms with Crippen molar-refractivity contribution in [2.75, 3.05) is 20.2 Å². The van der Waals surface area contributed by atoms with Crippen molar-refractivity contribution in [2.45, 2.75) is 38.6 Å². The number of imidazole rings is 1. The third-order valence-corrected chi connectivity index (χ3v) is 4.32. The molecule has 0 bridgehead atoms. The minimum absolute atomic E-state index is 0.643. The zero-order valence-corrected chi connectivity index (χ0v) is 12.4. The minimum Gasteiger partial charge on any atom is -0.493 e. The second kappa shape index (κ2) is 5.83. The van der Waals surface area contributed by atoms with E-state index in [0.717, 1.165) is 24.4 Å². The van der Waals surface area contributed by atoms with Crippen LogP contribution in [-0.4, -0.2) is 40.5 Å². The fourth-order valence-electron chi connectivity index (χ4n) is 3.24. The van der Waals surface area contributed by atoms with E-state index in [1.807, 2.05) is 18.3 Å². The lowest BCUT2D eigenvalue weighted by Gasteiger charge is -2.34. The molecule has 0 aromatic carbocycles. The molecular weight excluding hydrogens is 250 g/mol. The molecule has 0 N–H and O–H groups in total. The largest absolute Gasteiger partial charge is 0.493 e. The Kier molecular flexibility index (Phi) is 3.92. The van der Waals surface area contributed by atoms with E-state index in [1.165, 1.54) is 31.5 Å². The molecule has 1 aliphatic heterocycles. The Labute approximate surface area is 120 Å². The smallest absolute Gasteiger partial charge is 0.179 e. The summed E-state index contributed by atoms with van der Waals surface area (Å²) < 4.78 is 7.44. The number of rotatable bonds is 4. The Morgan fingerprint density at radius 2 is 2.30 bits per heavy atom. The lowest BCUT2D eigenvalue weighted by atomic mass is 9.98. The Hall–Kier alpha value is -1.55. The van der Waals surface area contributed by atoms with Gasteiger partial charge in [0, 0.05) is 24.9 Å². The third kappa shape index (κ3) is 2.52. The SMILES string of the molecule is CCN1CCCCC1Cc1cn2cccc(OC)c2n1. The van der Waals surface area contributed by atoms with Crippen molar-refractivity contribution in [2.24, 2.45) is 0 Å². The third-order valence-electron chi connectivity index (χ3n) is 4.32. The van der Waals surface area contributed by atoms with Crippen LogP contribution in [-0.2, 0) is 6.42 Å². The van der Waals surface area contributed by atoms with Gasteiger partial charge >= 0.3 is 0 Å². The van der Waals surface area contributed by atoms with Crippen molar-refractivity contribution in [1.29, 1.82) is 0 Å². The maximum absolute atomic E-state index is 5.38. The van der Waals surface area contributed by atoms with Crippen LogP contribution in [0.2, 0.25) is 0 Å². The molecule has 2 aromatic heterocycles. The van der Waals surface area contributed by atoms with Crippen molar-refractivity contribution in [1.82, 2.24) is 14.3 Å². The fourth-order valence-corrected chi connectivity index (χ4v) is 3.24. The molecule has 20 heavy (non-hydrogen) atoms. The molecule has 1 fully saturated rings. The van der Waals surface area contributed by atoms with Crippen molar-refractivity contribution < 1.29 is 4.74 Å². The van der Waals surface area contributed by atoms with E-state index in [2.05, 4.69) is 22.4 Å². The summed E-state index contributed by atoms with van der Waals surface area (Å²) in [5.41, 5.74) is 2.09. The molecule has 0 spiro atoms. The molecule has 1 aliphatic rings. The van der Waals surface area contributed by atoms with Gasteiger partial charge in [0.1, 0.15) is 0 Å². The van der Waals surface area contributed by atoms with Gasteiger partial charge in [-0.25, -0.2) is 4.98 Å². The normalized spacial score (nSPS) is 20.4. The first-order chi connectivity index (χ1) is 9.81. The average molecular weight is 273 g/mol. The maximum atomic E-state index is 5.38. The van der Waals surface area contributed by atoms with E-state index in [9.17, 15) is 0 Å². The van der Waals surface area contributed by atoms with Gasteiger partial charge in [-0.1, -0.05) is 13.3 Å². The fraction of sp³-hybridized carbons (Fsp3) is 0.562. The van der Waals surface area contributed by atoms with Crippen molar-refractivity contribution >= 4 is 5.65 Å². The second-order valence-electron chi connectivity index (χ2n) is 5.52. The first-order valence-corrected chi connectivity index (χ1v) is 7.56. The van der Waals surface area contributed by atoms with Gasteiger partial charge in [-0.2, -0.15) is 0 Å². The summed E-state index contributed by atoms with van der Waals surface area (Å²) in [7, 11) is 1.70. The maximum Gasteiger partial charge on any atom is 0.179 e. The van der Waals surface area contributed by atoms with Crippen LogP contribution in [0.5, 0.6) is 5.75 Å². The summed E-state index contributed by atoms with van der Waals surface area (Å²) in [6, 6.07) is 4.60. The summed E-state index contributed by atoms with van der Waals surface area (Å²) in [4.78, 5) is 7.35. The topological polar surface area (TPSA) is 29.8 Å². The van der Waals surface area contributed by atoms with Gasteiger partial charge < -0.3 is 14.0 Å². The van der Waals surface area contributed by atoms with E-state index in [-0.39, 0.29) is 0 Å². The van der Waals surface area contributed by atoms with Gasteiger partial charge in [-0.3, -0.25) is 0 Å². The van der Waals surface area contributed by atoms with E-state index in [0.29, 0.717) is 6.04 Å². The predicted octanol–water partition coefficient (Wildman–Crippen LogP) is 2.76. The van der Waals surface area contributed by atoms with Crippen LogP contribution in [0.1, 0.15) is 31.9 Å². The molecule has 3 heterocycles. The molecule has 1 unspecified atom stereocenters. The summed E-state index contributed by atoms with van der Waals surface area (Å²) in [5, 5.41) is 0. The molecular formula is C16H23N3O. The number of piperidine rings is 1. The monoisotopic (exact) mass is 273 g/mol. The number of likely N-dealkylation sites (N-methyl/N-ethyl adjacent to an activating group) is 1. The number of fused-ring (bicyclic) bond motifs is 1. The van der Waals surface area contributed by atoms with Crippen LogP contribution in [0, 0.1) is 0 Å². The van der Waals surface area contributed by atoms with Gasteiger partial charge in [0.25, 0.3) is 0 Å². The Bertz CT molecular complexity index is 578. The van der Waals surface area contributed by atoms with Gasteiger partial charge in [0.2, 0.25) is 0 Å². The number of ether oxygens (including phenoxy) is 1. The second-order valence-corrected chi connectivity index (χ2v) is 5.52. The van der Waals surface area contributed by atoms with Gasteiger partial charge in [0.05, 0.1) is 12.8 Å². The number of hydrogen-bond donors (Lipinski definition) is 0. The van der Waals surface area contributed by atoms with E-state index in [4.69, 9.17) is 9.72 Å². The highest BCUT2D eigenvalue weighted by Crippen LogP contribution is 2.23. The predicted molar refractivity (Wildman–Crippen MR) is 80.3 cm³/mol. The lowest BCUT2D eigenvalue weighted by molar-refractivity contribution is 0.155. The van der Waals surface area contributed by atoms with Crippen molar-refractivity contribution in [3.8, 4) is 5.75 Å². The molecule has 0 saturated carbocycles. The van der Waals surface area contributed by atoms with Crippen molar-refractivity contribution in [3.63, 3.8) is 0 Å². The molecule has 4 heteroatoms. The summed E-state index contributed by atoms with van der Waals surface area (Å²) >= 11 is 0. The standard InChI is InChI=1S/C16H23N3O/c1-3-18-9-5-4-7-14(18)11-13-12-19-10-6-8-15(20-2)16(19)17-13/h6,8,10,12,14H,3-5,7,9,11H2,1-2H3. The van der Waals surface area contributed by atoms with E-state index in [1.54, 1.807) is 7.11 Å². The van der Waals surface area contributed by atoms with Crippen LogP contribution >= 0.6 is 0 Å². The number of pyridine rings is 1. The summed E-state index contributed by atoms with van der Waals surface area (Å²) in [6.07, 6.45) is 9.19. The molecule has 108 valence electrons. The summed E-state index contributed by atoms with van der Waals surface area (Å²) in [5.74, 6) is 0.842. The highest BCUT2D eigenvalue weighted by molar-refractivity contribution is 5.54. The molecule has 0 radical (unpaired) electrons. The van der Waals surface area contributed by atoms with Crippen LogP contribution in [0.25, 0.3) is 5.65 Å². The molecule has 0 aliphatic carbocycles. The lowest BCUT2D eigenvalue weighted by Crippen LogP contribution is -2.40. The van der Waals surface area contributed by atoms with Crippen molar-refractivity contribution in [3.05, 3.63) is 30.2 Å². The average Bonchev–Trinajstić information content (AvgIpc) is 2.90. The van der Waals surface area contributed by atoms with Crippen LogP contribution in [0.3, 0.4) is 0 Å². The highest BCUT2D eigenvalue weighted by atomic mass is 16.5. The molecule has 1 atom stereocenters. The van der Waals surface area contributed by atoms with Crippen LogP contribution in [0.15, 0.2) is 24.5 Å². The van der Waals surface area contributed by atoms with E-state index >= 15 is 0 Å². The number of methoxy groups -OCH3 is 1. The number of likely N-dealkylation sites (tertiary alicyclic amines) is 1. The van der Waals surface area contributed by atoms with Gasteiger partial charge in [-0.15, -0.1) is 0 Å². The Morgan fingerprint density at radius 3 is 3.10 bits per heavy atom. The number of nitrogens with zero attached hydrogens (tertiary/aromatic N) is 3. The Morgan fingerprint density at radius 1 is 1.40 bits per heavy atom. The number of aromatic nitrogens is 2. The van der Waals surface area contributed by atoms with E-state index < -0.39 is 0 Å². The van der Waals surface area contributed by atoms with Crippen LogP contribution < -0.4 is 4.74 Å². The Balaban J connectivity index is 1.83. The zero-order valence-electron chi connectivity index (χ0n) is 12.4. The zero-order chi connectivity index (χ0) is 13.9. The highest BCUT2D eigenvalue weighted by Gasteiger charge is 2.22. The summed E-state index contributed by atoms with van der Waals surface area (Å²) in [6.45, 7) is 4.63. The van der Waals surface area contributed by atoms with Gasteiger partial charge in [0.15, 0.2) is 11.4 Å². The first kappa shape index (κ1) is 13.4. The molecule has 3 rings (SSSR count). The molecule has 0 amide bonds. The van der Waals surface area contributed by atoms with Gasteiger partial charge in [-0.05, 0) is 38.1 Å². The first-order valence-electron chi connectivity index (χ1n) is 7.56. The molecule has 2 aromatic rings. The molecule has 4 nitrogen and oxygen atoms in total. The quantitative estimate of drug-likeness (QED) is 0.858.